The minimum absolute atomic E-state index is 1.04. The zero-order valence-corrected chi connectivity index (χ0v) is 17.5. The fourth-order valence-electron chi connectivity index (χ4n) is 4.06. The summed E-state index contributed by atoms with van der Waals surface area (Å²) in [5.74, 6) is 0. The molecule has 0 saturated carbocycles. The van der Waals surface area contributed by atoms with Gasteiger partial charge in [-0.1, -0.05) is 60.7 Å². The third-order valence-electron chi connectivity index (χ3n) is 5.74. The average Bonchev–Trinajstić information content (AvgIpc) is 3.39. The van der Waals surface area contributed by atoms with Crippen LogP contribution < -0.4 is 4.90 Å². The molecule has 3 heterocycles. The van der Waals surface area contributed by atoms with E-state index < -0.39 is 0 Å². The van der Waals surface area contributed by atoms with Gasteiger partial charge in [-0.2, -0.15) is 0 Å². The molecule has 1 saturated heterocycles. The van der Waals surface area contributed by atoms with Crippen LogP contribution in [0.25, 0.3) is 33.1 Å². The molecule has 0 unspecified atom stereocenters. The van der Waals surface area contributed by atoms with Crippen LogP contribution in [0, 0.1) is 0 Å². The number of anilines is 1. The SMILES string of the molecule is c1ccc2nc(-c3ccc(N4CCCC4)cc3)ccc2c1.c1ccc2ncccc2c1. The topological polar surface area (TPSA) is 29.0 Å². The van der Waals surface area contributed by atoms with Crippen LogP contribution in [-0.4, -0.2) is 23.1 Å². The zero-order chi connectivity index (χ0) is 20.9. The predicted molar refractivity (Wildman–Crippen MR) is 130 cm³/mol. The Morgan fingerprint density at radius 3 is 1.97 bits per heavy atom. The average molecular weight is 404 g/mol. The van der Waals surface area contributed by atoms with E-state index >= 15 is 0 Å². The van der Waals surface area contributed by atoms with Gasteiger partial charge in [-0.15, -0.1) is 0 Å². The van der Waals surface area contributed by atoms with Gasteiger partial charge in [-0.05, 0) is 49.2 Å². The second-order valence-electron chi connectivity index (χ2n) is 7.83. The van der Waals surface area contributed by atoms with Gasteiger partial charge in [0.05, 0.1) is 16.7 Å². The molecule has 0 radical (unpaired) electrons. The van der Waals surface area contributed by atoms with Gasteiger partial charge in [0, 0.05) is 41.3 Å². The first-order chi connectivity index (χ1) is 15.4. The molecule has 0 bridgehead atoms. The molecular formula is C28H25N3. The number of hydrogen-bond acceptors (Lipinski definition) is 3. The second-order valence-corrected chi connectivity index (χ2v) is 7.83. The van der Waals surface area contributed by atoms with Crippen LogP contribution in [0.5, 0.6) is 0 Å². The van der Waals surface area contributed by atoms with Crippen molar-refractivity contribution < 1.29 is 0 Å². The van der Waals surface area contributed by atoms with E-state index in [1.54, 1.807) is 0 Å². The minimum Gasteiger partial charge on any atom is -0.372 e. The second kappa shape index (κ2) is 8.97. The highest BCUT2D eigenvalue weighted by Crippen LogP contribution is 2.25. The summed E-state index contributed by atoms with van der Waals surface area (Å²) in [5.41, 5.74) is 5.67. The molecule has 0 atom stereocenters. The standard InChI is InChI=1S/C19H18N2.C9H7N/c1-2-6-18-15(5-1)9-12-19(20-18)16-7-10-17(11-8-16)21-13-3-4-14-21;1-2-6-9-8(4-1)5-3-7-10-9/h1-2,5-12H,3-4,13-14H2;1-7H. The van der Waals surface area contributed by atoms with Crippen LogP contribution in [0.3, 0.4) is 0 Å². The number of fused-ring (bicyclic) bond motifs is 2. The van der Waals surface area contributed by atoms with Crippen molar-refractivity contribution in [1.29, 1.82) is 0 Å². The first kappa shape index (κ1) is 19.3. The van der Waals surface area contributed by atoms with E-state index in [2.05, 4.69) is 76.6 Å². The molecule has 152 valence electrons. The zero-order valence-electron chi connectivity index (χ0n) is 17.5. The molecule has 6 rings (SSSR count). The van der Waals surface area contributed by atoms with Gasteiger partial charge in [-0.3, -0.25) is 4.98 Å². The Morgan fingerprint density at radius 1 is 0.581 bits per heavy atom. The smallest absolute Gasteiger partial charge is 0.0709 e. The van der Waals surface area contributed by atoms with Crippen LogP contribution in [0.4, 0.5) is 5.69 Å². The Labute approximate surface area is 183 Å². The molecule has 3 heteroatoms. The van der Waals surface area contributed by atoms with Crippen LogP contribution in [0.2, 0.25) is 0 Å². The van der Waals surface area contributed by atoms with Crippen molar-refractivity contribution in [2.45, 2.75) is 12.8 Å². The minimum atomic E-state index is 1.04. The van der Waals surface area contributed by atoms with E-state index in [-0.39, 0.29) is 0 Å². The summed E-state index contributed by atoms with van der Waals surface area (Å²) in [6.07, 6.45) is 4.43. The maximum absolute atomic E-state index is 4.76. The van der Waals surface area contributed by atoms with Crippen LogP contribution in [0.15, 0.2) is 103 Å². The van der Waals surface area contributed by atoms with Crippen LogP contribution in [0.1, 0.15) is 12.8 Å². The Balaban J connectivity index is 0.000000171. The number of rotatable bonds is 2. The van der Waals surface area contributed by atoms with Gasteiger partial charge in [-0.25, -0.2) is 4.98 Å². The number of benzene rings is 3. The molecule has 1 fully saturated rings. The molecule has 1 aliphatic heterocycles. The lowest BCUT2D eigenvalue weighted by Crippen LogP contribution is -2.17. The highest BCUT2D eigenvalue weighted by atomic mass is 15.1. The van der Waals surface area contributed by atoms with E-state index in [1.807, 2.05) is 36.5 Å². The van der Waals surface area contributed by atoms with Gasteiger partial charge in [0.1, 0.15) is 0 Å². The maximum atomic E-state index is 4.76. The summed E-state index contributed by atoms with van der Waals surface area (Å²) in [6.45, 7) is 2.38. The summed E-state index contributed by atoms with van der Waals surface area (Å²) in [7, 11) is 0. The van der Waals surface area contributed by atoms with Gasteiger partial charge in [0.25, 0.3) is 0 Å². The third-order valence-corrected chi connectivity index (χ3v) is 5.74. The summed E-state index contributed by atoms with van der Waals surface area (Å²) in [4.78, 5) is 11.4. The van der Waals surface area contributed by atoms with E-state index in [1.165, 1.54) is 48.0 Å². The van der Waals surface area contributed by atoms with Crippen molar-refractivity contribution in [3.63, 3.8) is 0 Å². The van der Waals surface area contributed by atoms with Crippen molar-refractivity contribution >= 4 is 27.5 Å². The largest absolute Gasteiger partial charge is 0.372 e. The highest BCUT2D eigenvalue weighted by Gasteiger charge is 2.12. The Kier molecular flexibility index (Phi) is 5.57. The van der Waals surface area contributed by atoms with Gasteiger partial charge < -0.3 is 4.90 Å². The number of aromatic nitrogens is 2. The molecule has 3 aromatic carbocycles. The van der Waals surface area contributed by atoms with Gasteiger partial charge in [0.15, 0.2) is 0 Å². The van der Waals surface area contributed by atoms with Crippen molar-refractivity contribution in [1.82, 2.24) is 9.97 Å². The summed E-state index contributed by atoms with van der Waals surface area (Å²) < 4.78 is 0. The van der Waals surface area contributed by atoms with Crippen LogP contribution in [-0.2, 0) is 0 Å². The predicted octanol–water partition coefficient (Wildman–Crippen LogP) is 6.74. The lowest BCUT2D eigenvalue weighted by Gasteiger charge is -2.17. The monoisotopic (exact) mass is 403 g/mol. The van der Waals surface area contributed by atoms with E-state index in [0.29, 0.717) is 0 Å². The number of nitrogens with zero attached hydrogens (tertiary/aromatic N) is 3. The third kappa shape index (κ3) is 4.41. The first-order valence-electron chi connectivity index (χ1n) is 10.9. The molecular weight excluding hydrogens is 378 g/mol. The summed E-state index contributed by atoms with van der Waals surface area (Å²) in [6, 6.07) is 33.4. The normalized spacial score (nSPS) is 13.2. The highest BCUT2D eigenvalue weighted by molar-refractivity contribution is 5.81. The Morgan fingerprint density at radius 2 is 1.23 bits per heavy atom. The maximum Gasteiger partial charge on any atom is 0.0709 e. The quantitative estimate of drug-likeness (QED) is 0.327. The van der Waals surface area contributed by atoms with E-state index in [4.69, 9.17) is 4.98 Å². The van der Waals surface area contributed by atoms with Crippen LogP contribution >= 0.6 is 0 Å². The summed E-state index contributed by atoms with van der Waals surface area (Å²) >= 11 is 0. The van der Waals surface area contributed by atoms with Crippen molar-refractivity contribution in [3.8, 4) is 11.3 Å². The molecule has 0 spiro atoms. The molecule has 0 N–H and O–H groups in total. The Bertz CT molecular complexity index is 1220. The molecule has 5 aromatic rings. The fourth-order valence-corrected chi connectivity index (χ4v) is 4.06. The van der Waals surface area contributed by atoms with Crippen molar-refractivity contribution in [2.24, 2.45) is 0 Å². The molecule has 1 aliphatic rings. The van der Waals surface area contributed by atoms with Crippen molar-refractivity contribution in [3.05, 3.63) is 103 Å². The van der Waals surface area contributed by atoms with Crippen molar-refractivity contribution in [2.75, 3.05) is 18.0 Å². The molecule has 2 aromatic heterocycles. The molecule has 3 nitrogen and oxygen atoms in total. The first-order valence-corrected chi connectivity index (χ1v) is 10.9. The van der Waals surface area contributed by atoms with Gasteiger partial charge >= 0.3 is 0 Å². The lowest BCUT2D eigenvalue weighted by atomic mass is 10.1. The molecule has 31 heavy (non-hydrogen) atoms. The summed E-state index contributed by atoms with van der Waals surface area (Å²) in [5, 5.41) is 2.39. The lowest BCUT2D eigenvalue weighted by molar-refractivity contribution is 0.949. The number of pyridine rings is 2. The number of hydrogen-bond donors (Lipinski definition) is 0. The van der Waals surface area contributed by atoms with E-state index in [0.717, 1.165) is 16.7 Å². The molecule has 0 amide bonds. The number of para-hydroxylation sites is 2. The molecule has 0 aliphatic carbocycles. The van der Waals surface area contributed by atoms with E-state index in [9.17, 15) is 0 Å². The fraction of sp³-hybridized carbons (Fsp3) is 0.143. The Hall–Kier alpha value is -3.72. The van der Waals surface area contributed by atoms with Gasteiger partial charge in [0.2, 0.25) is 0 Å².